The van der Waals surface area contributed by atoms with Gasteiger partial charge in [-0.1, -0.05) is 13.8 Å². The van der Waals surface area contributed by atoms with Crippen molar-refractivity contribution in [2.75, 3.05) is 0 Å². The Bertz CT molecular complexity index is 410. The van der Waals surface area contributed by atoms with Crippen molar-refractivity contribution in [3.05, 3.63) is 0 Å². The third-order valence-corrected chi connectivity index (χ3v) is 6.50. The third-order valence-electron chi connectivity index (χ3n) is 3.68. The molecular formula is C10H17NO3S. The van der Waals surface area contributed by atoms with E-state index in [-0.39, 0.29) is 24.3 Å². The van der Waals surface area contributed by atoms with Crippen LogP contribution in [0.4, 0.5) is 0 Å². The zero-order valence-electron chi connectivity index (χ0n) is 9.52. The predicted octanol–water partition coefficient (Wildman–Crippen LogP) is 0.776. The fourth-order valence-corrected chi connectivity index (χ4v) is 5.31. The number of amides is 1. The fraction of sp³-hybridized carbons (Fsp3) is 0.900. The molecule has 0 radical (unpaired) electrons. The Morgan fingerprint density at radius 2 is 1.93 bits per heavy atom. The molecule has 0 aromatic carbocycles. The Kier molecular flexibility index (Phi) is 2.00. The summed E-state index contributed by atoms with van der Waals surface area (Å²) < 4.78 is 23.5. The van der Waals surface area contributed by atoms with E-state index in [9.17, 15) is 13.2 Å². The minimum absolute atomic E-state index is 0.0205. The summed E-state index contributed by atoms with van der Waals surface area (Å²) in [5.41, 5.74) is 0. The second-order valence-electron chi connectivity index (χ2n) is 5.30. The van der Waals surface area contributed by atoms with Crippen molar-refractivity contribution in [1.29, 1.82) is 0 Å². The van der Waals surface area contributed by atoms with Gasteiger partial charge in [-0.15, -0.1) is 0 Å². The SMILES string of the molecule is CC(C)[C@@H]1N2C(=O)C[C@H]2S(=O)(=O)C1(C)C. The quantitative estimate of drug-likeness (QED) is 0.627. The zero-order chi connectivity index (χ0) is 11.6. The van der Waals surface area contributed by atoms with Crippen molar-refractivity contribution < 1.29 is 13.2 Å². The van der Waals surface area contributed by atoms with Gasteiger partial charge in [-0.3, -0.25) is 4.79 Å². The Morgan fingerprint density at radius 3 is 2.27 bits per heavy atom. The lowest BCUT2D eigenvalue weighted by Crippen LogP contribution is -2.55. The van der Waals surface area contributed by atoms with Gasteiger partial charge in [-0.25, -0.2) is 8.42 Å². The number of fused-ring (bicyclic) bond motifs is 1. The number of rotatable bonds is 1. The van der Waals surface area contributed by atoms with Gasteiger partial charge in [0.2, 0.25) is 5.91 Å². The van der Waals surface area contributed by atoms with Gasteiger partial charge in [0.05, 0.1) is 17.2 Å². The number of hydrogen-bond donors (Lipinski definition) is 0. The minimum Gasteiger partial charge on any atom is -0.320 e. The maximum Gasteiger partial charge on any atom is 0.227 e. The van der Waals surface area contributed by atoms with E-state index < -0.39 is 20.0 Å². The molecule has 2 heterocycles. The number of carbonyl (C=O) groups is 1. The van der Waals surface area contributed by atoms with Crippen molar-refractivity contribution in [3.8, 4) is 0 Å². The second kappa shape index (κ2) is 2.75. The maximum atomic E-state index is 12.1. The second-order valence-corrected chi connectivity index (χ2v) is 7.98. The summed E-state index contributed by atoms with van der Waals surface area (Å²) in [6.07, 6.45) is 0.176. The van der Waals surface area contributed by atoms with E-state index in [2.05, 4.69) is 0 Å². The molecule has 0 unspecified atom stereocenters. The molecule has 4 nitrogen and oxygen atoms in total. The number of hydrogen-bond acceptors (Lipinski definition) is 3. The fourth-order valence-electron chi connectivity index (χ4n) is 2.97. The molecule has 0 aromatic heterocycles. The highest BCUT2D eigenvalue weighted by Gasteiger charge is 2.65. The standard InChI is InChI=1S/C10H17NO3S/c1-6(2)9-10(3,4)15(13,14)8-5-7(12)11(8)9/h6,8-9H,5H2,1-4H3/t8-,9+/m1/s1. The smallest absolute Gasteiger partial charge is 0.227 e. The molecule has 15 heavy (non-hydrogen) atoms. The minimum atomic E-state index is -3.19. The van der Waals surface area contributed by atoms with Gasteiger partial charge in [0.15, 0.2) is 9.84 Å². The highest BCUT2D eigenvalue weighted by Crippen LogP contribution is 2.47. The van der Waals surface area contributed by atoms with Crippen LogP contribution in [0.3, 0.4) is 0 Å². The van der Waals surface area contributed by atoms with Crippen molar-refractivity contribution in [3.63, 3.8) is 0 Å². The number of β-lactam (4-membered cyclic amide) rings is 1. The van der Waals surface area contributed by atoms with Crippen LogP contribution >= 0.6 is 0 Å². The van der Waals surface area contributed by atoms with Gasteiger partial charge in [0.1, 0.15) is 5.37 Å². The normalized spacial score (nSPS) is 36.6. The first-order valence-electron chi connectivity index (χ1n) is 5.26. The lowest BCUT2D eigenvalue weighted by atomic mass is 9.89. The number of sulfone groups is 1. The molecular weight excluding hydrogens is 214 g/mol. The molecule has 2 atom stereocenters. The van der Waals surface area contributed by atoms with Crippen molar-refractivity contribution in [2.24, 2.45) is 5.92 Å². The van der Waals surface area contributed by atoms with Gasteiger partial charge < -0.3 is 4.90 Å². The van der Waals surface area contributed by atoms with Crippen LogP contribution in [0.15, 0.2) is 0 Å². The van der Waals surface area contributed by atoms with Crippen LogP contribution < -0.4 is 0 Å². The van der Waals surface area contributed by atoms with Crippen LogP contribution in [-0.4, -0.2) is 35.4 Å². The molecule has 5 heteroatoms. The van der Waals surface area contributed by atoms with E-state index in [1.54, 1.807) is 18.7 Å². The zero-order valence-corrected chi connectivity index (χ0v) is 10.3. The van der Waals surface area contributed by atoms with E-state index in [0.717, 1.165) is 0 Å². The van der Waals surface area contributed by atoms with Crippen LogP contribution in [-0.2, 0) is 14.6 Å². The van der Waals surface area contributed by atoms with E-state index in [1.807, 2.05) is 13.8 Å². The number of carbonyl (C=O) groups excluding carboxylic acids is 1. The van der Waals surface area contributed by atoms with Crippen molar-refractivity contribution >= 4 is 15.7 Å². The summed E-state index contributed by atoms with van der Waals surface area (Å²) in [6, 6.07) is -0.172. The summed E-state index contributed by atoms with van der Waals surface area (Å²) in [7, 11) is -3.19. The highest BCUT2D eigenvalue weighted by atomic mass is 32.2. The molecule has 0 bridgehead atoms. The molecule has 86 valence electrons. The van der Waals surface area contributed by atoms with Crippen molar-refractivity contribution in [2.45, 2.75) is 50.3 Å². The molecule has 0 saturated carbocycles. The van der Waals surface area contributed by atoms with E-state index in [4.69, 9.17) is 0 Å². The van der Waals surface area contributed by atoms with Gasteiger partial charge in [0, 0.05) is 0 Å². The number of nitrogens with zero attached hydrogens (tertiary/aromatic N) is 1. The lowest BCUT2D eigenvalue weighted by Gasteiger charge is -2.39. The Labute approximate surface area is 90.6 Å². The van der Waals surface area contributed by atoms with E-state index in [0.29, 0.717) is 0 Å². The third kappa shape index (κ3) is 1.07. The predicted molar refractivity (Wildman–Crippen MR) is 56.9 cm³/mol. The summed E-state index contributed by atoms with van der Waals surface area (Å²) in [5, 5.41) is -0.549. The van der Waals surface area contributed by atoms with Crippen molar-refractivity contribution in [1.82, 2.24) is 4.90 Å². The molecule has 2 aliphatic rings. The average Bonchev–Trinajstić information content (AvgIpc) is 2.19. The topological polar surface area (TPSA) is 54.5 Å². The van der Waals surface area contributed by atoms with E-state index >= 15 is 0 Å². The molecule has 2 saturated heterocycles. The first-order valence-corrected chi connectivity index (χ1v) is 6.80. The maximum absolute atomic E-state index is 12.1. The van der Waals surface area contributed by atoms with Crippen LogP contribution in [0.25, 0.3) is 0 Å². The van der Waals surface area contributed by atoms with E-state index in [1.165, 1.54) is 0 Å². The summed E-state index contributed by atoms with van der Waals surface area (Å²) in [4.78, 5) is 13.0. The molecule has 0 N–H and O–H groups in total. The summed E-state index contributed by atoms with van der Waals surface area (Å²) >= 11 is 0. The molecule has 2 aliphatic heterocycles. The van der Waals surface area contributed by atoms with Crippen LogP contribution in [0.2, 0.25) is 0 Å². The summed E-state index contributed by atoms with van der Waals surface area (Å²) in [5.74, 6) is 0.150. The Hall–Kier alpha value is -0.580. The van der Waals surface area contributed by atoms with Crippen LogP contribution in [0, 0.1) is 5.92 Å². The van der Waals surface area contributed by atoms with Gasteiger partial charge >= 0.3 is 0 Å². The highest BCUT2D eigenvalue weighted by molar-refractivity contribution is 7.93. The lowest BCUT2D eigenvalue weighted by molar-refractivity contribution is -0.145. The Morgan fingerprint density at radius 1 is 1.40 bits per heavy atom. The first kappa shape index (κ1) is 10.9. The largest absolute Gasteiger partial charge is 0.320 e. The van der Waals surface area contributed by atoms with Gasteiger partial charge in [-0.05, 0) is 19.8 Å². The Balaban J connectivity index is 2.52. The van der Waals surface area contributed by atoms with Crippen LogP contribution in [0.5, 0.6) is 0 Å². The molecule has 0 aromatic rings. The first-order chi connectivity index (χ1) is 6.71. The van der Waals surface area contributed by atoms with Crippen LogP contribution in [0.1, 0.15) is 34.1 Å². The van der Waals surface area contributed by atoms with Gasteiger partial charge in [0.25, 0.3) is 0 Å². The molecule has 0 spiro atoms. The monoisotopic (exact) mass is 231 g/mol. The summed E-state index contributed by atoms with van der Waals surface area (Å²) in [6.45, 7) is 7.41. The average molecular weight is 231 g/mol. The molecule has 1 amide bonds. The molecule has 0 aliphatic carbocycles. The van der Waals surface area contributed by atoms with Gasteiger partial charge in [-0.2, -0.15) is 0 Å². The molecule has 2 fully saturated rings. The molecule has 2 rings (SSSR count).